The zero-order chi connectivity index (χ0) is 12.3. The fourth-order valence-electron chi connectivity index (χ4n) is 2.01. The Balaban J connectivity index is 2.16. The van der Waals surface area contributed by atoms with Gasteiger partial charge in [0.25, 0.3) is 0 Å². The summed E-state index contributed by atoms with van der Waals surface area (Å²) in [6.45, 7) is 5.14. The zero-order valence-electron chi connectivity index (χ0n) is 10.7. The average Bonchev–Trinajstić information content (AvgIpc) is 2.73. The van der Waals surface area contributed by atoms with Crippen LogP contribution in [0.5, 0.6) is 0 Å². The molecule has 0 aliphatic carbocycles. The van der Waals surface area contributed by atoms with E-state index in [-0.39, 0.29) is 0 Å². The lowest BCUT2D eigenvalue weighted by molar-refractivity contribution is 0.836. The Hall–Kier alpha value is -1.77. The van der Waals surface area contributed by atoms with E-state index in [4.69, 9.17) is 0 Å². The van der Waals surface area contributed by atoms with Crippen molar-refractivity contribution in [3.8, 4) is 0 Å². The maximum Gasteiger partial charge on any atom is 0.0946 e. The first-order chi connectivity index (χ1) is 8.22. The van der Waals surface area contributed by atoms with Gasteiger partial charge in [-0.1, -0.05) is 25.1 Å². The van der Waals surface area contributed by atoms with E-state index in [0.717, 1.165) is 13.0 Å². The molecule has 1 heterocycles. The molecule has 3 heteroatoms. The van der Waals surface area contributed by atoms with Gasteiger partial charge < -0.3 is 9.88 Å². The SMILES string of the molecule is CCc1cccc(C)c1NCc1cncn1C. The minimum Gasteiger partial charge on any atom is -0.379 e. The Morgan fingerprint density at radius 1 is 1.35 bits per heavy atom. The molecule has 0 unspecified atom stereocenters. The first-order valence-corrected chi connectivity index (χ1v) is 6.00. The molecule has 2 rings (SSSR count). The maximum absolute atomic E-state index is 4.12. The number of aryl methyl sites for hydroxylation is 3. The number of rotatable bonds is 4. The van der Waals surface area contributed by atoms with E-state index >= 15 is 0 Å². The molecule has 1 aromatic heterocycles. The lowest BCUT2D eigenvalue weighted by Gasteiger charge is -2.14. The normalized spacial score (nSPS) is 10.5. The van der Waals surface area contributed by atoms with Crippen LogP contribution in [0.1, 0.15) is 23.7 Å². The van der Waals surface area contributed by atoms with Crippen LogP contribution < -0.4 is 5.32 Å². The van der Waals surface area contributed by atoms with Crippen LogP contribution in [0.4, 0.5) is 5.69 Å². The molecule has 90 valence electrons. The highest BCUT2D eigenvalue weighted by Gasteiger charge is 2.04. The van der Waals surface area contributed by atoms with E-state index in [1.54, 1.807) is 0 Å². The molecule has 0 saturated carbocycles. The quantitative estimate of drug-likeness (QED) is 0.873. The molecule has 2 aromatic rings. The molecule has 0 bridgehead atoms. The van der Waals surface area contributed by atoms with Gasteiger partial charge in [0.1, 0.15) is 0 Å². The van der Waals surface area contributed by atoms with Gasteiger partial charge in [0.15, 0.2) is 0 Å². The van der Waals surface area contributed by atoms with Crippen LogP contribution in [0.3, 0.4) is 0 Å². The Kier molecular flexibility index (Phi) is 3.47. The smallest absolute Gasteiger partial charge is 0.0946 e. The summed E-state index contributed by atoms with van der Waals surface area (Å²) >= 11 is 0. The van der Waals surface area contributed by atoms with E-state index in [0.29, 0.717) is 0 Å². The second-order valence-corrected chi connectivity index (χ2v) is 4.31. The summed E-state index contributed by atoms with van der Waals surface area (Å²) in [6.07, 6.45) is 4.78. The summed E-state index contributed by atoms with van der Waals surface area (Å²) in [6, 6.07) is 6.44. The summed E-state index contributed by atoms with van der Waals surface area (Å²) in [4.78, 5) is 4.12. The van der Waals surface area contributed by atoms with Crippen LogP contribution in [-0.4, -0.2) is 9.55 Å². The summed E-state index contributed by atoms with van der Waals surface area (Å²) in [5.41, 5.74) is 5.12. The highest BCUT2D eigenvalue weighted by atomic mass is 15.0. The molecule has 0 radical (unpaired) electrons. The summed E-state index contributed by atoms with van der Waals surface area (Å²) in [5, 5.41) is 3.51. The number of para-hydroxylation sites is 1. The van der Waals surface area contributed by atoms with Crippen molar-refractivity contribution >= 4 is 5.69 Å². The van der Waals surface area contributed by atoms with Crippen molar-refractivity contribution in [1.29, 1.82) is 0 Å². The zero-order valence-corrected chi connectivity index (χ0v) is 10.7. The van der Waals surface area contributed by atoms with E-state index in [9.17, 15) is 0 Å². The van der Waals surface area contributed by atoms with Crippen molar-refractivity contribution in [2.24, 2.45) is 7.05 Å². The molecule has 1 N–H and O–H groups in total. The van der Waals surface area contributed by atoms with E-state index in [2.05, 4.69) is 42.3 Å². The second kappa shape index (κ2) is 5.04. The van der Waals surface area contributed by atoms with Gasteiger partial charge in [0, 0.05) is 18.9 Å². The minimum atomic E-state index is 0.814. The first kappa shape index (κ1) is 11.7. The third-order valence-corrected chi connectivity index (χ3v) is 3.10. The average molecular weight is 229 g/mol. The fourth-order valence-corrected chi connectivity index (χ4v) is 2.01. The lowest BCUT2D eigenvalue weighted by Crippen LogP contribution is -2.07. The van der Waals surface area contributed by atoms with Crippen LogP contribution in [0.2, 0.25) is 0 Å². The molecule has 0 fully saturated rings. The molecular formula is C14H19N3. The Bertz CT molecular complexity index is 500. The highest BCUT2D eigenvalue weighted by molar-refractivity contribution is 5.57. The van der Waals surface area contributed by atoms with Gasteiger partial charge in [0.05, 0.1) is 18.6 Å². The topological polar surface area (TPSA) is 29.9 Å². The fraction of sp³-hybridized carbons (Fsp3) is 0.357. The van der Waals surface area contributed by atoms with Crippen molar-refractivity contribution in [1.82, 2.24) is 9.55 Å². The Morgan fingerprint density at radius 3 is 2.82 bits per heavy atom. The van der Waals surface area contributed by atoms with Crippen LogP contribution in [0.25, 0.3) is 0 Å². The highest BCUT2D eigenvalue weighted by Crippen LogP contribution is 2.21. The number of anilines is 1. The van der Waals surface area contributed by atoms with Gasteiger partial charge in [-0.3, -0.25) is 0 Å². The van der Waals surface area contributed by atoms with E-state index < -0.39 is 0 Å². The number of hydrogen-bond donors (Lipinski definition) is 1. The Morgan fingerprint density at radius 2 is 2.18 bits per heavy atom. The predicted octanol–water partition coefficient (Wildman–Crippen LogP) is 2.90. The van der Waals surface area contributed by atoms with Crippen molar-refractivity contribution in [2.75, 3.05) is 5.32 Å². The summed E-state index contributed by atoms with van der Waals surface area (Å²) < 4.78 is 2.04. The van der Waals surface area contributed by atoms with Crippen LogP contribution in [0, 0.1) is 6.92 Å². The monoisotopic (exact) mass is 229 g/mol. The number of benzene rings is 1. The molecule has 0 saturated heterocycles. The van der Waals surface area contributed by atoms with Crippen molar-refractivity contribution in [3.63, 3.8) is 0 Å². The summed E-state index contributed by atoms with van der Waals surface area (Å²) in [7, 11) is 2.02. The number of nitrogens with zero attached hydrogens (tertiary/aromatic N) is 2. The van der Waals surface area contributed by atoms with Crippen molar-refractivity contribution in [2.45, 2.75) is 26.8 Å². The second-order valence-electron chi connectivity index (χ2n) is 4.31. The molecule has 17 heavy (non-hydrogen) atoms. The van der Waals surface area contributed by atoms with Gasteiger partial charge in [-0.15, -0.1) is 0 Å². The van der Waals surface area contributed by atoms with Gasteiger partial charge in [0.2, 0.25) is 0 Å². The van der Waals surface area contributed by atoms with E-state index in [1.165, 1.54) is 22.5 Å². The standard InChI is InChI=1S/C14H19N3/c1-4-12-7-5-6-11(2)14(12)16-9-13-8-15-10-17(13)3/h5-8,10,16H,4,9H2,1-3H3. The number of aromatic nitrogens is 2. The summed E-state index contributed by atoms with van der Waals surface area (Å²) in [5.74, 6) is 0. The number of imidazole rings is 1. The molecule has 0 spiro atoms. The largest absolute Gasteiger partial charge is 0.379 e. The Labute approximate surface area is 103 Å². The number of hydrogen-bond acceptors (Lipinski definition) is 2. The third-order valence-electron chi connectivity index (χ3n) is 3.10. The van der Waals surface area contributed by atoms with Gasteiger partial charge in [-0.2, -0.15) is 0 Å². The molecule has 0 aliphatic heterocycles. The lowest BCUT2D eigenvalue weighted by atomic mass is 10.1. The van der Waals surface area contributed by atoms with Crippen molar-refractivity contribution < 1.29 is 0 Å². The van der Waals surface area contributed by atoms with Crippen LogP contribution >= 0.6 is 0 Å². The van der Waals surface area contributed by atoms with E-state index in [1.807, 2.05) is 24.1 Å². The van der Waals surface area contributed by atoms with Gasteiger partial charge in [-0.25, -0.2) is 4.98 Å². The molecule has 0 aliphatic rings. The predicted molar refractivity (Wildman–Crippen MR) is 71.1 cm³/mol. The first-order valence-electron chi connectivity index (χ1n) is 6.00. The molecule has 0 atom stereocenters. The molecule has 0 amide bonds. The molecule has 1 aromatic carbocycles. The van der Waals surface area contributed by atoms with Crippen LogP contribution in [0.15, 0.2) is 30.7 Å². The van der Waals surface area contributed by atoms with Crippen LogP contribution in [-0.2, 0) is 20.0 Å². The van der Waals surface area contributed by atoms with Gasteiger partial charge in [-0.05, 0) is 24.5 Å². The molecular weight excluding hydrogens is 210 g/mol. The van der Waals surface area contributed by atoms with Crippen molar-refractivity contribution in [3.05, 3.63) is 47.5 Å². The third kappa shape index (κ3) is 2.49. The maximum atomic E-state index is 4.12. The van der Waals surface area contributed by atoms with Gasteiger partial charge >= 0.3 is 0 Å². The minimum absolute atomic E-state index is 0.814. The molecule has 3 nitrogen and oxygen atoms in total. The number of nitrogens with one attached hydrogen (secondary N) is 1.